The maximum absolute atomic E-state index is 11.8. The van der Waals surface area contributed by atoms with E-state index in [1.54, 1.807) is 7.11 Å². The molecule has 1 aliphatic rings. The van der Waals surface area contributed by atoms with E-state index in [1.165, 1.54) is 0 Å². The lowest BCUT2D eigenvalue weighted by Crippen LogP contribution is -2.36. The zero-order chi connectivity index (χ0) is 21.4. The lowest BCUT2D eigenvalue weighted by atomic mass is 10.0. The van der Waals surface area contributed by atoms with Crippen molar-refractivity contribution in [2.24, 2.45) is 0 Å². The molecule has 158 valence electrons. The summed E-state index contributed by atoms with van der Waals surface area (Å²) in [7, 11) is 1.64. The van der Waals surface area contributed by atoms with Gasteiger partial charge >= 0.3 is 6.03 Å². The van der Waals surface area contributed by atoms with Crippen LogP contribution in [0.1, 0.15) is 25.0 Å². The summed E-state index contributed by atoms with van der Waals surface area (Å²) >= 11 is 0. The number of ether oxygens (including phenoxy) is 3. The summed E-state index contributed by atoms with van der Waals surface area (Å²) in [5, 5.41) is 5.53. The van der Waals surface area contributed by atoms with Crippen LogP contribution in [0, 0.1) is 11.8 Å². The first-order valence-corrected chi connectivity index (χ1v) is 10.0. The van der Waals surface area contributed by atoms with Gasteiger partial charge in [-0.25, -0.2) is 4.79 Å². The fraction of sp³-hybridized carbons (Fsp3) is 0.375. The van der Waals surface area contributed by atoms with Crippen molar-refractivity contribution in [1.29, 1.82) is 0 Å². The quantitative estimate of drug-likeness (QED) is 0.690. The van der Waals surface area contributed by atoms with E-state index >= 15 is 0 Å². The molecule has 0 saturated carbocycles. The number of methoxy groups -OCH3 is 1. The van der Waals surface area contributed by atoms with Gasteiger partial charge in [0.05, 0.1) is 13.7 Å². The Morgan fingerprint density at radius 1 is 1.13 bits per heavy atom. The van der Waals surface area contributed by atoms with E-state index in [0.29, 0.717) is 12.3 Å². The van der Waals surface area contributed by atoms with Gasteiger partial charge in [-0.15, -0.1) is 0 Å². The summed E-state index contributed by atoms with van der Waals surface area (Å²) in [6, 6.07) is 13.4. The molecular formula is C24H28N2O4. The molecule has 0 bridgehead atoms. The molecule has 0 unspecified atom stereocenters. The lowest BCUT2D eigenvalue weighted by Gasteiger charge is -2.17. The van der Waals surface area contributed by atoms with Crippen molar-refractivity contribution in [3.63, 3.8) is 0 Å². The van der Waals surface area contributed by atoms with E-state index in [0.717, 1.165) is 35.5 Å². The molecule has 0 saturated heterocycles. The van der Waals surface area contributed by atoms with Crippen molar-refractivity contribution in [2.75, 3.05) is 26.8 Å². The van der Waals surface area contributed by atoms with Crippen LogP contribution in [-0.4, -0.2) is 38.4 Å². The molecule has 0 aliphatic carbocycles. The standard InChI is InChI=1S/C24H28N2O4/c1-24(2)17-19-7-6-8-21(22(19)30-24)29-16-5-4-14-25-23(27)26-15-13-18-9-11-20(28-3)12-10-18/h6-12H,13-17H2,1-3H3,(H2,25,26,27). The monoisotopic (exact) mass is 408 g/mol. The molecule has 2 N–H and O–H groups in total. The molecule has 3 rings (SSSR count). The molecule has 0 spiro atoms. The van der Waals surface area contributed by atoms with Crippen LogP contribution < -0.4 is 24.8 Å². The number of urea groups is 1. The first kappa shape index (κ1) is 21.4. The van der Waals surface area contributed by atoms with Crippen LogP contribution >= 0.6 is 0 Å². The molecule has 6 heteroatoms. The summed E-state index contributed by atoms with van der Waals surface area (Å²) < 4.78 is 16.8. The number of hydrogen-bond donors (Lipinski definition) is 2. The number of hydrogen-bond acceptors (Lipinski definition) is 4. The zero-order valence-electron chi connectivity index (χ0n) is 17.7. The molecule has 1 aliphatic heterocycles. The van der Waals surface area contributed by atoms with Crippen LogP contribution in [0.2, 0.25) is 0 Å². The van der Waals surface area contributed by atoms with Crippen LogP contribution in [0.5, 0.6) is 17.2 Å². The van der Waals surface area contributed by atoms with Crippen LogP contribution in [-0.2, 0) is 12.8 Å². The number of amides is 2. The van der Waals surface area contributed by atoms with Crippen molar-refractivity contribution in [2.45, 2.75) is 32.3 Å². The molecule has 1 heterocycles. The summed E-state index contributed by atoms with van der Waals surface area (Å²) in [5.41, 5.74) is 2.07. The normalized spacial score (nSPS) is 13.3. The van der Waals surface area contributed by atoms with Crippen molar-refractivity contribution < 1.29 is 19.0 Å². The Hall–Kier alpha value is -3.33. The van der Waals surface area contributed by atoms with E-state index in [4.69, 9.17) is 14.2 Å². The van der Waals surface area contributed by atoms with Crippen LogP contribution in [0.3, 0.4) is 0 Å². The number of fused-ring (bicyclic) bond motifs is 1. The van der Waals surface area contributed by atoms with Crippen LogP contribution in [0.15, 0.2) is 42.5 Å². The second-order valence-corrected chi connectivity index (χ2v) is 7.63. The fourth-order valence-electron chi connectivity index (χ4n) is 3.23. The van der Waals surface area contributed by atoms with E-state index in [-0.39, 0.29) is 24.8 Å². The summed E-state index contributed by atoms with van der Waals surface area (Å²) in [4.78, 5) is 11.8. The Labute approximate surface area is 177 Å². The SMILES string of the molecule is COc1ccc(CCNC(=O)NCC#CCOc2cccc3c2OC(C)(C)C3)cc1. The number of nitrogens with one attached hydrogen (secondary N) is 2. The predicted octanol–water partition coefficient (Wildman–Crippen LogP) is 3.33. The minimum absolute atomic E-state index is 0.210. The van der Waals surface area contributed by atoms with Gasteiger partial charge in [0.2, 0.25) is 0 Å². The van der Waals surface area contributed by atoms with Gasteiger partial charge in [-0.3, -0.25) is 0 Å². The Morgan fingerprint density at radius 2 is 1.93 bits per heavy atom. The van der Waals surface area contributed by atoms with Crippen LogP contribution in [0.25, 0.3) is 0 Å². The summed E-state index contributed by atoms with van der Waals surface area (Å²) in [6.07, 6.45) is 1.61. The Balaban J connectivity index is 1.33. The highest BCUT2D eigenvalue weighted by Crippen LogP contribution is 2.41. The van der Waals surface area contributed by atoms with E-state index in [2.05, 4.69) is 42.4 Å². The second kappa shape index (κ2) is 9.93. The van der Waals surface area contributed by atoms with Gasteiger partial charge in [-0.1, -0.05) is 36.1 Å². The number of rotatable bonds is 7. The number of para-hydroxylation sites is 1. The molecule has 2 amide bonds. The third kappa shape index (κ3) is 6.08. The fourth-order valence-corrected chi connectivity index (χ4v) is 3.23. The predicted molar refractivity (Wildman–Crippen MR) is 116 cm³/mol. The molecule has 0 aromatic heterocycles. The zero-order valence-corrected chi connectivity index (χ0v) is 17.7. The second-order valence-electron chi connectivity index (χ2n) is 7.63. The molecule has 0 radical (unpaired) electrons. The maximum atomic E-state index is 11.8. The van der Waals surface area contributed by atoms with Gasteiger partial charge < -0.3 is 24.8 Å². The molecule has 2 aromatic rings. The molecule has 2 aromatic carbocycles. The van der Waals surface area contributed by atoms with E-state index in [9.17, 15) is 4.79 Å². The van der Waals surface area contributed by atoms with Gasteiger partial charge in [-0.2, -0.15) is 0 Å². The highest BCUT2D eigenvalue weighted by molar-refractivity contribution is 5.74. The highest BCUT2D eigenvalue weighted by Gasteiger charge is 2.32. The van der Waals surface area contributed by atoms with Crippen molar-refractivity contribution >= 4 is 6.03 Å². The average Bonchev–Trinajstić information content (AvgIpc) is 3.05. The largest absolute Gasteiger partial charge is 0.497 e. The van der Waals surface area contributed by atoms with Gasteiger partial charge in [0.25, 0.3) is 0 Å². The van der Waals surface area contributed by atoms with Crippen molar-refractivity contribution in [3.05, 3.63) is 53.6 Å². The Kier molecular flexibility index (Phi) is 7.08. The number of carbonyl (C=O) groups excluding carboxylic acids is 1. The number of benzene rings is 2. The van der Waals surface area contributed by atoms with Crippen molar-refractivity contribution in [1.82, 2.24) is 10.6 Å². The Morgan fingerprint density at radius 3 is 2.70 bits per heavy atom. The summed E-state index contributed by atoms with van der Waals surface area (Å²) in [5.74, 6) is 8.13. The summed E-state index contributed by atoms with van der Waals surface area (Å²) in [6.45, 7) is 5.16. The third-order valence-corrected chi connectivity index (χ3v) is 4.68. The minimum atomic E-state index is -0.241. The lowest BCUT2D eigenvalue weighted by molar-refractivity contribution is 0.133. The Bertz CT molecular complexity index is 926. The van der Waals surface area contributed by atoms with Crippen molar-refractivity contribution in [3.8, 4) is 29.1 Å². The van der Waals surface area contributed by atoms with Crippen LogP contribution in [0.4, 0.5) is 4.79 Å². The van der Waals surface area contributed by atoms with Gasteiger partial charge in [0, 0.05) is 18.5 Å². The minimum Gasteiger partial charge on any atom is -0.497 e. The smallest absolute Gasteiger partial charge is 0.315 e. The first-order valence-electron chi connectivity index (χ1n) is 10.0. The number of carbonyl (C=O) groups is 1. The molecule has 30 heavy (non-hydrogen) atoms. The molecule has 0 atom stereocenters. The average molecular weight is 408 g/mol. The van der Waals surface area contributed by atoms with E-state index < -0.39 is 0 Å². The highest BCUT2D eigenvalue weighted by atomic mass is 16.5. The first-order chi connectivity index (χ1) is 14.5. The topological polar surface area (TPSA) is 68.8 Å². The van der Waals surface area contributed by atoms with Gasteiger partial charge in [0.15, 0.2) is 11.5 Å². The van der Waals surface area contributed by atoms with Gasteiger partial charge in [-0.05, 0) is 44.0 Å². The molecule has 6 nitrogen and oxygen atoms in total. The third-order valence-electron chi connectivity index (χ3n) is 4.68. The maximum Gasteiger partial charge on any atom is 0.315 e. The van der Waals surface area contributed by atoms with E-state index in [1.807, 2.05) is 36.4 Å². The molecule has 0 fully saturated rings. The van der Waals surface area contributed by atoms with Gasteiger partial charge in [0.1, 0.15) is 18.0 Å². The molecular weight excluding hydrogens is 380 g/mol.